The summed E-state index contributed by atoms with van der Waals surface area (Å²) in [6.45, 7) is 4.34. The highest BCUT2D eigenvalue weighted by molar-refractivity contribution is 5.83. The average Bonchev–Trinajstić information content (AvgIpc) is 3.35. The van der Waals surface area contributed by atoms with Gasteiger partial charge < -0.3 is 9.80 Å². The molecule has 0 spiro atoms. The van der Waals surface area contributed by atoms with Gasteiger partial charge in [-0.1, -0.05) is 19.1 Å². The smallest absolute Gasteiger partial charge is 0.229 e. The molecule has 2 aromatic heterocycles. The number of anilines is 1. The Morgan fingerprint density at radius 3 is 2.68 bits per heavy atom. The second kappa shape index (κ2) is 9.44. The van der Waals surface area contributed by atoms with Gasteiger partial charge in [-0.2, -0.15) is 0 Å². The van der Waals surface area contributed by atoms with Crippen LogP contribution < -0.4 is 4.90 Å². The van der Waals surface area contributed by atoms with Crippen molar-refractivity contribution >= 4 is 11.9 Å². The highest BCUT2D eigenvalue weighted by Crippen LogP contribution is 2.39. The molecule has 0 N–H and O–H groups in total. The van der Waals surface area contributed by atoms with E-state index in [4.69, 9.17) is 4.98 Å². The van der Waals surface area contributed by atoms with Gasteiger partial charge in [-0.25, -0.2) is 14.4 Å². The Kier molecular flexibility index (Phi) is 6.22. The Labute approximate surface area is 199 Å². The molecule has 0 aliphatic carbocycles. The fraction of sp³-hybridized carbons (Fsp3) is 0.423. The van der Waals surface area contributed by atoms with Gasteiger partial charge in [0.2, 0.25) is 11.9 Å². The zero-order chi connectivity index (χ0) is 23.5. The second-order valence-electron chi connectivity index (χ2n) is 9.50. The Balaban J connectivity index is 1.29. The molecule has 0 bridgehead atoms. The lowest BCUT2D eigenvalue weighted by Crippen LogP contribution is -2.49. The van der Waals surface area contributed by atoms with Crippen LogP contribution in [0.1, 0.15) is 55.6 Å². The number of likely N-dealkylation sites (tertiary alicyclic amines) is 1. The van der Waals surface area contributed by atoms with E-state index in [1.165, 1.54) is 12.1 Å². The summed E-state index contributed by atoms with van der Waals surface area (Å²) in [5, 5.41) is 0. The van der Waals surface area contributed by atoms with Crippen LogP contribution in [0.4, 0.5) is 10.3 Å². The second-order valence-corrected chi connectivity index (χ2v) is 9.50. The highest BCUT2D eigenvalue weighted by atomic mass is 19.1. The molecule has 0 unspecified atom stereocenters. The third-order valence-corrected chi connectivity index (χ3v) is 7.05. The molecule has 176 valence electrons. The quantitative estimate of drug-likeness (QED) is 0.574. The predicted molar refractivity (Wildman–Crippen MR) is 127 cm³/mol. The number of hydrogen-bond acceptors (Lipinski definition) is 6. The molecule has 8 heteroatoms. The lowest BCUT2D eigenvalue weighted by molar-refractivity contribution is -0.143. The number of amides is 1. The Morgan fingerprint density at radius 1 is 1.12 bits per heavy atom. The summed E-state index contributed by atoms with van der Waals surface area (Å²) in [4.78, 5) is 35.8. The van der Waals surface area contributed by atoms with Crippen LogP contribution in [0.15, 0.2) is 55.1 Å². The fourth-order valence-electron chi connectivity index (χ4n) is 5.06. The SMILES string of the molecule is CC1(C(=O)N2CCC[C@H]2c2cncc(Cc3cccc(F)c3)n2)CCN(c2ncccn2)CC1. The van der Waals surface area contributed by atoms with Gasteiger partial charge in [-0.15, -0.1) is 0 Å². The molecule has 4 heterocycles. The van der Waals surface area contributed by atoms with Crippen molar-refractivity contribution in [1.82, 2.24) is 24.8 Å². The summed E-state index contributed by atoms with van der Waals surface area (Å²) in [7, 11) is 0. The average molecular weight is 461 g/mol. The molecule has 34 heavy (non-hydrogen) atoms. The van der Waals surface area contributed by atoms with Crippen molar-refractivity contribution in [3.63, 3.8) is 0 Å². The van der Waals surface area contributed by atoms with E-state index in [2.05, 4.69) is 26.8 Å². The van der Waals surface area contributed by atoms with E-state index in [1.807, 2.05) is 17.0 Å². The lowest BCUT2D eigenvalue weighted by atomic mass is 9.79. The molecule has 0 radical (unpaired) electrons. The molecule has 1 amide bonds. The van der Waals surface area contributed by atoms with E-state index in [0.29, 0.717) is 6.42 Å². The summed E-state index contributed by atoms with van der Waals surface area (Å²) in [6, 6.07) is 8.29. The third kappa shape index (κ3) is 4.62. The molecule has 5 rings (SSSR count). The van der Waals surface area contributed by atoms with Gasteiger partial charge in [0.25, 0.3) is 0 Å². The summed E-state index contributed by atoms with van der Waals surface area (Å²) >= 11 is 0. The number of aromatic nitrogens is 4. The van der Waals surface area contributed by atoms with Crippen LogP contribution in [-0.2, 0) is 11.2 Å². The molecule has 2 fully saturated rings. The number of nitrogens with zero attached hydrogens (tertiary/aromatic N) is 6. The van der Waals surface area contributed by atoms with Crippen molar-refractivity contribution in [2.75, 3.05) is 24.5 Å². The maximum absolute atomic E-state index is 13.7. The number of rotatable bonds is 5. The molecular weight excluding hydrogens is 431 g/mol. The summed E-state index contributed by atoms with van der Waals surface area (Å²) in [5.41, 5.74) is 2.04. The fourth-order valence-corrected chi connectivity index (χ4v) is 5.06. The minimum atomic E-state index is -0.416. The minimum absolute atomic E-state index is 0.0697. The van der Waals surface area contributed by atoms with Crippen molar-refractivity contribution in [3.05, 3.63) is 77.9 Å². The number of halogens is 1. The summed E-state index contributed by atoms with van der Waals surface area (Å²) in [5.74, 6) is 0.662. The van der Waals surface area contributed by atoms with Crippen LogP contribution in [0.3, 0.4) is 0 Å². The number of carbonyl (C=O) groups excluding carboxylic acids is 1. The monoisotopic (exact) mass is 460 g/mol. The number of piperidine rings is 1. The van der Waals surface area contributed by atoms with Crippen LogP contribution in [0.5, 0.6) is 0 Å². The first-order valence-electron chi connectivity index (χ1n) is 11.9. The van der Waals surface area contributed by atoms with E-state index in [-0.39, 0.29) is 17.8 Å². The van der Waals surface area contributed by atoms with E-state index in [1.54, 1.807) is 30.9 Å². The largest absolute Gasteiger partial charge is 0.341 e. The maximum Gasteiger partial charge on any atom is 0.229 e. The van der Waals surface area contributed by atoms with Crippen LogP contribution >= 0.6 is 0 Å². The summed E-state index contributed by atoms with van der Waals surface area (Å²) in [6.07, 6.45) is 10.8. The van der Waals surface area contributed by atoms with Gasteiger partial charge >= 0.3 is 0 Å². The molecule has 2 aliphatic heterocycles. The third-order valence-electron chi connectivity index (χ3n) is 7.05. The summed E-state index contributed by atoms with van der Waals surface area (Å²) < 4.78 is 13.6. The maximum atomic E-state index is 13.7. The first kappa shape index (κ1) is 22.4. The van der Waals surface area contributed by atoms with Crippen LogP contribution in [0.2, 0.25) is 0 Å². The molecule has 1 atom stereocenters. The molecule has 1 aromatic carbocycles. The van der Waals surface area contributed by atoms with E-state index < -0.39 is 5.41 Å². The van der Waals surface area contributed by atoms with Gasteiger partial charge in [0.05, 0.1) is 23.6 Å². The van der Waals surface area contributed by atoms with E-state index in [0.717, 1.165) is 68.2 Å². The number of hydrogen-bond donors (Lipinski definition) is 0. The van der Waals surface area contributed by atoms with Crippen molar-refractivity contribution in [3.8, 4) is 0 Å². The van der Waals surface area contributed by atoms with Gasteiger partial charge in [-0.3, -0.25) is 14.8 Å². The Hall–Kier alpha value is -3.42. The molecule has 0 saturated carbocycles. The molecule has 7 nitrogen and oxygen atoms in total. The Bertz CT molecular complexity index is 1150. The predicted octanol–water partition coefficient (Wildman–Crippen LogP) is 3.97. The first-order valence-corrected chi connectivity index (χ1v) is 11.9. The number of carbonyl (C=O) groups is 1. The van der Waals surface area contributed by atoms with Crippen molar-refractivity contribution in [1.29, 1.82) is 0 Å². The topological polar surface area (TPSA) is 75.1 Å². The highest BCUT2D eigenvalue weighted by Gasteiger charge is 2.43. The first-order chi connectivity index (χ1) is 16.5. The molecular formula is C26H29FN6O. The molecule has 2 saturated heterocycles. The van der Waals surface area contributed by atoms with E-state index in [9.17, 15) is 9.18 Å². The van der Waals surface area contributed by atoms with Gasteiger partial charge in [0.15, 0.2) is 0 Å². The normalized spacial score (nSPS) is 19.9. The van der Waals surface area contributed by atoms with Crippen LogP contribution in [-0.4, -0.2) is 50.4 Å². The zero-order valence-electron chi connectivity index (χ0n) is 19.4. The molecule has 2 aliphatic rings. The Morgan fingerprint density at radius 2 is 1.91 bits per heavy atom. The van der Waals surface area contributed by atoms with Gasteiger partial charge in [0, 0.05) is 50.1 Å². The lowest BCUT2D eigenvalue weighted by Gasteiger charge is -2.41. The number of benzene rings is 1. The molecule has 3 aromatic rings. The van der Waals surface area contributed by atoms with Gasteiger partial charge in [0.1, 0.15) is 5.82 Å². The van der Waals surface area contributed by atoms with Crippen LogP contribution in [0.25, 0.3) is 0 Å². The van der Waals surface area contributed by atoms with Crippen molar-refractivity contribution in [2.45, 2.75) is 45.1 Å². The zero-order valence-corrected chi connectivity index (χ0v) is 19.4. The van der Waals surface area contributed by atoms with Crippen molar-refractivity contribution < 1.29 is 9.18 Å². The van der Waals surface area contributed by atoms with Gasteiger partial charge in [-0.05, 0) is 49.4 Å². The van der Waals surface area contributed by atoms with E-state index >= 15 is 0 Å². The standard InChI is InChI=1S/C26H29FN6O/c1-26(8-13-32(14-9-26)25-29-10-4-11-30-25)24(34)33-12-3-7-23(33)22-18-28-17-21(31-22)16-19-5-2-6-20(27)15-19/h2,4-6,10-11,15,17-18,23H,3,7-9,12-14,16H2,1H3/t23-/m0/s1. The minimum Gasteiger partial charge on any atom is -0.341 e. The van der Waals surface area contributed by atoms with Crippen LogP contribution in [0, 0.1) is 11.2 Å². The van der Waals surface area contributed by atoms with Crippen molar-refractivity contribution in [2.24, 2.45) is 5.41 Å².